The van der Waals surface area contributed by atoms with Gasteiger partial charge in [-0.05, 0) is 24.3 Å². The van der Waals surface area contributed by atoms with Crippen LogP contribution in [0.15, 0.2) is 35.6 Å². The Balaban J connectivity index is 2.32. The molecule has 6 nitrogen and oxygen atoms in total. The molecule has 0 N–H and O–H groups in total. The number of aromatic nitrogens is 2. The van der Waals surface area contributed by atoms with Gasteiger partial charge in [-0.1, -0.05) is 23.2 Å². The standard InChI is InChI=1S/C12H8Cl2N2O4S/c1-21(18,19)12-15-6-9(14)10(16-12)11(17)20-8-4-2-7(13)3-5-8/h2-6H,1H3. The Bertz CT molecular complexity index is 791. The first-order chi connectivity index (χ1) is 9.77. The maximum atomic E-state index is 12.0. The van der Waals surface area contributed by atoms with E-state index in [9.17, 15) is 13.2 Å². The van der Waals surface area contributed by atoms with Crippen LogP contribution in [-0.2, 0) is 9.84 Å². The van der Waals surface area contributed by atoms with Gasteiger partial charge in [-0.25, -0.2) is 23.2 Å². The normalized spacial score (nSPS) is 11.2. The highest BCUT2D eigenvalue weighted by molar-refractivity contribution is 7.90. The van der Waals surface area contributed by atoms with E-state index < -0.39 is 21.0 Å². The second-order valence-corrected chi connectivity index (χ2v) is 6.72. The lowest BCUT2D eigenvalue weighted by molar-refractivity contribution is 0.0727. The molecule has 0 bridgehead atoms. The number of hydrogen-bond acceptors (Lipinski definition) is 6. The molecule has 2 aromatic rings. The van der Waals surface area contributed by atoms with E-state index in [1.165, 1.54) is 24.3 Å². The van der Waals surface area contributed by atoms with Crippen LogP contribution in [0, 0.1) is 0 Å². The first kappa shape index (κ1) is 15.7. The van der Waals surface area contributed by atoms with Crippen LogP contribution in [0.3, 0.4) is 0 Å². The molecule has 0 saturated heterocycles. The SMILES string of the molecule is CS(=O)(=O)c1ncc(Cl)c(C(=O)Oc2ccc(Cl)cc2)n1. The van der Waals surface area contributed by atoms with Crippen molar-refractivity contribution in [3.05, 3.63) is 46.2 Å². The van der Waals surface area contributed by atoms with Crippen molar-refractivity contribution in [2.45, 2.75) is 5.16 Å². The lowest BCUT2D eigenvalue weighted by atomic mass is 10.3. The molecule has 0 unspecified atom stereocenters. The summed E-state index contributed by atoms with van der Waals surface area (Å²) in [6.45, 7) is 0. The zero-order valence-corrected chi connectivity index (χ0v) is 12.9. The van der Waals surface area contributed by atoms with E-state index in [4.69, 9.17) is 27.9 Å². The molecule has 0 atom stereocenters. The molecule has 0 amide bonds. The van der Waals surface area contributed by atoms with Crippen LogP contribution < -0.4 is 4.74 Å². The zero-order valence-electron chi connectivity index (χ0n) is 10.6. The molecule has 0 aliphatic heterocycles. The van der Waals surface area contributed by atoms with Crippen LogP contribution in [-0.4, -0.2) is 30.6 Å². The van der Waals surface area contributed by atoms with E-state index in [1.54, 1.807) is 0 Å². The summed E-state index contributed by atoms with van der Waals surface area (Å²) < 4.78 is 27.8. The number of carbonyl (C=O) groups is 1. The largest absolute Gasteiger partial charge is 0.422 e. The van der Waals surface area contributed by atoms with Crippen LogP contribution in [0.2, 0.25) is 10.0 Å². The second kappa shape index (κ2) is 5.97. The maximum absolute atomic E-state index is 12.0. The first-order valence-electron chi connectivity index (χ1n) is 5.48. The zero-order chi connectivity index (χ0) is 15.6. The third kappa shape index (κ3) is 3.90. The second-order valence-electron chi connectivity index (χ2n) is 3.96. The number of carbonyl (C=O) groups excluding carboxylic acids is 1. The van der Waals surface area contributed by atoms with Crippen molar-refractivity contribution < 1.29 is 17.9 Å². The monoisotopic (exact) mass is 346 g/mol. The van der Waals surface area contributed by atoms with Gasteiger partial charge < -0.3 is 4.74 Å². The fraction of sp³-hybridized carbons (Fsp3) is 0.0833. The summed E-state index contributed by atoms with van der Waals surface area (Å²) in [5.41, 5.74) is -0.331. The van der Waals surface area contributed by atoms with Gasteiger partial charge in [0.05, 0.1) is 11.2 Å². The molecule has 0 spiro atoms. The van der Waals surface area contributed by atoms with E-state index >= 15 is 0 Å². The van der Waals surface area contributed by atoms with Crippen LogP contribution in [0.4, 0.5) is 0 Å². The Kier molecular flexibility index (Phi) is 4.46. The van der Waals surface area contributed by atoms with Crippen LogP contribution in [0.25, 0.3) is 0 Å². The van der Waals surface area contributed by atoms with Crippen LogP contribution in [0.1, 0.15) is 10.5 Å². The number of hydrogen-bond donors (Lipinski definition) is 0. The van der Waals surface area contributed by atoms with Crippen molar-refractivity contribution in [2.24, 2.45) is 0 Å². The number of benzene rings is 1. The minimum absolute atomic E-state index is 0.110. The van der Waals surface area contributed by atoms with E-state index in [1.807, 2.05) is 0 Å². The fourth-order valence-corrected chi connectivity index (χ4v) is 2.13. The van der Waals surface area contributed by atoms with Crippen molar-refractivity contribution in [3.8, 4) is 5.75 Å². The molecule has 0 fully saturated rings. The Morgan fingerprint density at radius 3 is 2.38 bits per heavy atom. The van der Waals surface area contributed by atoms with E-state index in [-0.39, 0.29) is 16.5 Å². The summed E-state index contributed by atoms with van der Waals surface area (Å²) in [6.07, 6.45) is 1.95. The highest BCUT2D eigenvalue weighted by atomic mass is 35.5. The van der Waals surface area contributed by atoms with Crippen molar-refractivity contribution in [1.82, 2.24) is 9.97 Å². The first-order valence-corrected chi connectivity index (χ1v) is 8.12. The smallest absolute Gasteiger partial charge is 0.364 e. The summed E-state index contributed by atoms with van der Waals surface area (Å²) in [7, 11) is -3.66. The molecule has 2 rings (SSSR count). The lowest BCUT2D eigenvalue weighted by Gasteiger charge is -2.06. The molecule has 0 aliphatic carbocycles. The van der Waals surface area contributed by atoms with Gasteiger partial charge in [0, 0.05) is 11.3 Å². The minimum atomic E-state index is -3.66. The van der Waals surface area contributed by atoms with Gasteiger partial charge in [-0.2, -0.15) is 0 Å². The third-order valence-electron chi connectivity index (χ3n) is 2.27. The van der Waals surface area contributed by atoms with Gasteiger partial charge in [0.2, 0.25) is 15.0 Å². The Hall–Kier alpha value is -1.70. The molecule has 1 heterocycles. The predicted octanol–water partition coefficient (Wildman–Crippen LogP) is 2.41. The van der Waals surface area contributed by atoms with Gasteiger partial charge >= 0.3 is 5.97 Å². The Morgan fingerprint density at radius 2 is 1.81 bits per heavy atom. The van der Waals surface area contributed by atoms with E-state index in [0.717, 1.165) is 12.5 Å². The summed E-state index contributed by atoms with van der Waals surface area (Å²) in [5, 5.41) is -0.134. The summed E-state index contributed by atoms with van der Waals surface area (Å²) in [4.78, 5) is 19.2. The molecule has 0 radical (unpaired) electrons. The molecule has 1 aromatic heterocycles. The van der Waals surface area contributed by atoms with Gasteiger partial charge in [-0.3, -0.25) is 0 Å². The summed E-state index contributed by atoms with van der Waals surface area (Å²) >= 11 is 11.5. The van der Waals surface area contributed by atoms with Gasteiger partial charge in [0.25, 0.3) is 0 Å². The number of nitrogens with zero attached hydrogens (tertiary/aromatic N) is 2. The number of ether oxygens (including phenoxy) is 1. The molecule has 21 heavy (non-hydrogen) atoms. The maximum Gasteiger partial charge on any atom is 0.364 e. The molecule has 110 valence electrons. The summed E-state index contributed by atoms with van der Waals surface area (Å²) in [5.74, 6) is -0.672. The number of halogens is 2. The molecular formula is C12H8Cl2N2O4S. The minimum Gasteiger partial charge on any atom is -0.422 e. The number of rotatable bonds is 3. The van der Waals surface area contributed by atoms with Gasteiger partial charge in [-0.15, -0.1) is 0 Å². The van der Waals surface area contributed by atoms with E-state index in [2.05, 4.69) is 9.97 Å². The highest BCUT2D eigenvalue weighted by Crippen LogP contribution is 2.19. The molecule has 0 saturated carbocycles. The van der Waals surface area contributed by atoms with E-state index in [0.29, 0.717) is 5.02 Å². The number of esters is 1. The average molecular weight is 347 g/mol. The van der Waals surface area contributed by atoms with Gasteiger partial charge in [0.1, 0.15) is 5.75 Å². The van der Waals surface area contributed by atoms with Crippen molar-refractivity contribution in [1.29, 1.82) is 0 Å². The average Bonchev–Trinajstić information content (AvgIpc) is 2.40. The Morgan fingerprint density at radius 1 is 1.19 bits per heavy atom. The van der Waals surface area contributed by atoms with Crippen molar-refractivity contribution in [2.75, 3.05) is 6.26 Å². The molecular weight excluding hydrogens is 339 g/mol. The predicted molar refractivity (Wildman–Crippen MR) is 76.6 cm³/mol. The topological polar surface area (TPSA) is 86.2 Å². The third-order valence-corrected chi connectivity index (χ3v) is 3.66. The van der Waals surface area contributed by atoms with Crippen LogP contribution in [0.5, 0.6) is 5.75 Å². The lowest BCUT2D eigenvalue weighted by Crippen LogP contribution is -2.15. The van der Waals surface area contributed by atoms with Gasteiger partial charge in [0.15, 0.2) is 5.69 Å². The van der Waals surface area contributed by atoms with Crippen molar-refractivity contribution >= 4 is 39.0 Å². The Labute approximate surface area is 130 Å². The summed E-state index contributed by atoms with van der Waals surface area (Å²) in [6, 6.07) is 6.03. The van der Waals surface area contributed by atoms with Crippen molar-refractivity contribution in [3.63, 3.8) is 0 Å². The highest BCUT2D eigenvalue weighted by Gasteiger charge is 2.20. The molecule has 1 aromatic carbocycles. The quantitative estimate of drug-likeness (QED) is 0.481. The molecule has 9 heteroatoms. The fourth-order valence-electron chi connectivity index (χ4n) is 1.33. The molecule has 0 aliphatic rings. The van der Waals surface area contributed by atoms with Crippen LogP contribution >= 0.6 is 23.2 Å². The number of sulfone groups is 1.